The zero-order chi connectivity index (χ0) is 22.0. The second kappa shape index (κ2) is 9.06. The van der Waals surface area contributed by atoms with Gasteiger partial charge in [-0.2, -0.15) is 0 Å². The van der Waals surface area contributed by atoms with Gasteiger partial charge in [0.25, 0.3) is 0 Å². The van der Waals surface area contributed by atoms with E-state index in [0.717, 1.165) is 4.47 Å². The maximum atomic E-state index is 12.3. The van der Waals surface area contributed by atoms with E-state index in [1.807, 2.05) is 18.2 Å². The Bertz CT molecular complexity index is 1250. The molecule has 8 heteroatoms. The fourth-order valence-corrected chi connectivity index (χ4v) is 3.43. The topological polar surface area (TPSA) is 65.0 Å². The van der Waals surface area contributed by atoms with Crippen LogP contribution in [-0.4, -0.2) is 17.8 Å². The first kappa shape index (κ1) is 21.3. The summed E-state index contributed by atoms with van der Waals surface area (Å²) in [6.07, 6.45) is 1.60. The molecule has 5 nitrogen and oxygen atoms in total. The van der Waals surface area contributed by atoms with Crippen LogP contribution in [0.4, 0.5) is 0 Å². The molecule has 1 aliphatic rings. The normalized spacial score (nSPS) is 14.4. The molecule has 0 unspecified atom stereocenters. The van der Waals surface area contributed by atoms with E-state index in [1.54, 1.807) is 36.4 Å². The van der Waals surface area contributed by atoms with Crippen LogP contribution in [0.3, 0.4) is 0 Å². The Morgan fingerprint density at radius 3 is 2.48 bits per heavy atom. The van der Waals surface area contributed by atoms with E-state index in [2.05, 4.69) is 20.9 Å². The number of cyclic esters (lactones) is 1. The summed E-state index contributed by atoms with van der Waals surface area (Å²) in [5.41, 5.74) is 1.84. The summed E-state index contributed by atoms with van der Waals surface area (Å²) in [4.78, 5) is 28.7. The first-order valence-corrected chi connectivity index (χ1v) is 10.5. The molecule has 3 aromatic carbocycles. The fourth-order valence-electron chi connectivity index (χ4n) is 2.73. The summed E-state index contributed by atoms with van der Waals surface area (Å²) in [7, 11) is 0. The van der Waals surface area contributed by atoms with Gasteiger partial charge in [0.2, 0.25) is 5.90 Å². The minimum atomic E-state index is -0.563. The molecule has 0 radical (unpaired) electrons. The van der Waals surface area contributed by atoms with Crippen molar-refractivity contribution in [3.63, 3.8) is 0 Å². The monoisotopic (exact) mass is 515 g/mol. The second-order valence-electron chi connectivity index (χ2n) is 6.43. The number of esters is 2. The van der Waals surface area contributed by atoms with Gasteiger partial charge in [0.05, 0.1) is 15.6 Å². The maximum Gasteiger partial charge on any atom is 0.363 e. The molecule has 0 aliphatic carbocycles. The van der Waals surface area contributed by atoms with Gasteiger partial charge in [-0.3, -0.25) is 0 Å². The van der Waals surface area contributed by atoms with Crippen LogP contribution in [-0.2, 0) is 9.53 Å². The molecule has 0 spiro atoms. The quantitative estimate of drug-likeness (QED) is 0.231. The van der Waals surface area contributed by atoms with Crippen molar-refractivity contribution >= 4 is 63.0 Å². The van der Waals surface area contributed by atoms with E-state index >= 15 is 0 Å². The van der Waals surface area contributed by atoms with E-state index in [-0.39, 0.29) is 22.2 Å². The molecule has 0 aromatic heterocycles. The molecule has 0 fully saturated rings. The van der Waals surface area contributed by atoms with Crippen molar-refractivity contribution in [3.8, 4) is 5.75 Å². The first-order chi connectivity index (χ1) is 14.9. The lowest BCUT2D eigenvalue weighted by Gasteiger charge is -2.05. The van der Waals surface area contributed by atoms with Gasteiger partial charge in [0, 0.05) is 10.0 Å². The second-order valence-corrected chi connectivity index (χ2v) is 8.16. The van der Waals surface area contributed by atoms with Gasteiger partial charge in [0.15, 0.2) is 5.70 Å². The highest BCUT2D eigenvalue weighted by Crippen LogP contribution is 2.25. The highest BCUT2D eigenvalue weighted by molar-refractivity contribution is 9.10. The number of nitrogens with zero attached hydrogens (tertiary/aromatic N) is 1. The Labute approximate surface area is 196 Å². The molecule has 0 N–H and O–H groups in total. The van der Waals surface area contributed by atoms with Crippen molar-refractivity contribution in [1.29, 1.82) is 0 Å². The number of ether oxygens (including phenoxy) is 2. The Morgan fingerprint density at radius 2 is 1.77 bits per heavy atom. The van der Waals surface area contributed by atoms with Gasteiger partial charge in [-0.15, -0.1) is 0 Å². The van der Waals surface area contributed by atoms with Crippen molar-refractivity contribution in [2.24, 2.45) is 4.99 Å². The van der Waals surface area contributed by atoms with E-state index in [9.17, 15) is 9.59 Å². The lowest BCUT2D eigenvalue weighted by molar-refractivity contribution is -0.129. The molecule has 0 amide bonds. The van der Waals surface area contributed by atoms with Gasteiger partial charge in [-0.25, -0.2) is 14.6 Å². The van der Waals surface area contributed by atoms with Gasteiger partial charge >= 0.3 is 11.9 Å². The van der Waals surface area contributed by atoms with Gasteiger partial charge < -0.3 is 9.47 Å². The average Bonchev–Trinajstić information content (AvgIpc) is 3.12. The highest BCUT2D eigenvalue weighted by Gasteiger charge is 2.24. The molecule has 31 heavy (non-hydrogen) atoms. The Hall–Kier alpha value is -2.93. The smallest absolute Gasteiger partial charge is 0.363 e. The summed E-state index contributed by atoms with van der Waals surface area (Å²) in [5.74, 6) is -0.521. The van der Waals surface area contributed by atoms with E-state index in [4.69, 9.17) is 32.7 Å². The molecule has 4 rings (SSSR count). The summed E-state index contributed by atoms with van der Waals surface area (Å²) in [6.45, 7) is 0. The molecule has 0 saturated heterocycles. The van der Waals surface area contributed by atoms with Crippen LogP contribution >= 0.6 is 39.1 Å². The van der Waals surface area contributed by atoms with Crippen molar-refractivity contribution in [1.82, 2.24) is 0 Å². The zero-order valence-electron chi connectivity index (χ0n) is 15.6. The van der Waals surface area contributed by atoms with Crippen LogP contribution in [0.15, 0.2) is 81.9 Å². The number of hydrogen-bond acceptors (Lipinski definition) is 5. The van der Waals surface area contributed by atoms with Gasteiger partial charge in [-0.1, -0.05) is 57.3 Å². The van der Waals surface area contributed by atoms with Gasteiger partial charge in [-0.05, 0) is 60.2 Å². The van der Waals surface area contributed by atoms with Crippen molar-refractivity contribution in [3.05, 3.63) is 104 Å². The third-order valence-corrected chi connectivity index (χ3v) is 5.47. The van der Waals surface area contributed by atoms with Gasteiger partial charge in [0.1, 0.15) is 5.75 Å². The predicted molar refractivity (Wildman–Crippen MR) is 123 cm³/mol. The summed E-state index contributed by atoms with van der Waals surface area (Å²) in [6, 6.07) is 18.4. The Kier molecular flexibility index (Phi) is 6.23. The molecular weight excluding hydrogens is 505 g/mol. The molecule has 1 heterocycles. The number of halogens is 3. The summed E-state index contributed by atoms with van der Waals surface area (Å²) in [5, 5.41) is 0.621. The summed E-state index contributed by atoms with van der Waals surface area (Å²) < 4.78 is 11.5. The van der Waals surface area contributed by atoms with E-state index in [0.29, 0.717) is 21.9 Å². The predicted octanol–water partition coefficient (Wildman–Crippen LogP) is 6.32. The Morgan fingerprint density at radius 1 is 1.00 bits per heavy atom. The number of rotatable bonds is 4. The lowest BCUT2D eigenvalue weighted by Crippen LogP contribution is -2.08. The lowest BCUT2D eigenvalue weighted by atomic mass is 10.2. The molecule has 3 aromatic rings. The number of carbonyl (C=O) groups is 2. The molecule has 0 bridgehead atoms. The van der Waals surface area contributed by atoms with Crippen molar-refractivity contribution in [2.45, 2.75) is 0 Å². The maximum absolute atomic E-state index is 12.3. The minimum Gasteiger partial charge on any atom is -0.423 e. The zero-order valence-corrected chi connectivity index (χ0v) is 18.7. The van der Waals surface area contributed by atoms with Crippen LogP contribution in [0.1, 0.15) is 21.5 Å². The van der Waals surface area contributed by atoms with E-state index in [1.165, 1.54) is 18.2 Å². The van der Waals surface area contributed by atoms with Crippen LogP contribution in [0.25, 0.3) is 6.08 Å². The third-order valence-electron chi connectivity index (χ3n) is 4.24. The van der Waals surface area contributed by atoms with Crippen LogP contribution < -0.4 is 4.74 Å². The van der Waals surface area contributed by atoms with E-state index < -0.39 is 11.9 Å². The highest BCUT2D eigenvalue weighted by atomic mass is 79.9. The third kappa shape index (κ3) is 5.05. The first-order valence-electron chi connectivity index (χ1n) is 8.95. The number of benzene rings is 3. The van der Waals surface area contributed by atoms with Crippen LogP contribution in [0.5, 0.6) is 5.75 Å². The van der Waals surface area contributed by atoms with Crippen LogP contribution in [0, 0.1) is 0 Å². The molecule has 0 saturated carbocycles. The molecular formula is C23H12BrCl2NO4. The van der Waals surface area contributed by atoms with Crippen LogP contribution in [0.2, 0.25) is 10.0 Å². The SMILES string of the molecule is O=C1OC(c2cccc(Br)c2)=N/C1=C/c1ccc(OC(=O)c2ccc(Cl)c(Cl)c2)cc1. The summed E-state index contributed by atoms with van der Waals surface area (Å²) >= 11 is 15.2. The molecule has 154 valence electrons. The average molecular weight is 517 g/mol. The van der Waals surface area contributed by atoms with Crippen molar-refractivity contribution in [2.75, 3.05) is 0 Å². The largest absolute Gasteiger partial charge is 0.423 e. The minimum absolute atomic E-state index is 0.176. The number of hydrogen-bond donors (Lipinski definition) is 0. The Balaban J connectivity index is 1.49. The van der Waals surface area contributed by atoms with Crippen molar-refractivity contribution < 1.29 is 19.1 Å². The molecule has 0 atom stereocenters. The molecule has 1 aliphatic heterocycles. The fraction of sp³-hybridized carbons (Fsp3) is 0. The standard InChI is InChI=1S/C23H12BrCl2NO4/c24-16-3-1-2-14(11-16)21-27-20(23(29)31-21)10-13-4-7-17(8-5-13)30-22(28)15-6-9-18(25)19(26)12-15/h1-12H/b20-10+. The number of carbonyl (C=O) groups excluding carboxylic acids is 2. The number of aliphatic imine (C=N–C) groups is 1.